The summed E-state index contributed by atoms with van der Waals surface area (Å²) in [6, 6.07) is 17.3. The van der Waals surface area contributed by atoms with Crippen molar-refractivity contribution in [1.29, 1.82) is 0 Å². The predicted octanol–water partition coefficient (Wildman–Crippen LogP) is 4.57. The minimum Gasteiger partial charge on any atom is -0.463 e. The summed E-state index contributed by atoms with van der Waals surface area (Å²) < 4.78 is 4.90. The van der Waals surface area contributed by atoms with Crippen molar-refractivity contribution in [3.05, 3.63) is 81.7 Å². The molecule has 0 aliphatic carbocycles. The molecular weight excluding hydrogens is 422 g/mol. The highest BCUT2D eigenvalue weighted by Gasteiger charge is 2.36. The summed E-state index contributed by atoms with van der Waals surface area (Å²) in [7, 11) is 0. The molecule has 6 nitrogen and oxygen atoms in total. The average molecular weight is 440 g/mol. The van der Waals surface area contributed by atoms with Gasteiger partial charge in [-0.25, -0.2) is 9.80 Å². The van der Waals surface area contributed by atoms with Gasteiger partial charge in [0.05, 0.1) is 23.3 Å². The summed E-state index contributed by atoms with van der Waals surface area (Å²) in [5.74, 6) is -1.03. The van der Waals surface area contributed by atoms with E-state index in [1.807, 2.05) is 54.6 Å². The van der Waals surface area contributed by atoms with Gasteiger partial charge in [-0.3, -0.25) is 4.79 Å². The number of nitrogens with zero attached hydrogens (tertiary/aromatic N) is 3. The number of amidine groups is 1. The van der Waals surface area contributed by atoms with Crippen LogP contribution in [0.15, 0.2) is 75.7 Å². The number of amides is 1. The molecule has 152 valence electrons. The lowest BCUT2D eigenvalue weighted by Crippen LogP contribution is -2.23. The second-order valence-electron chi connectivity index (χ2n) is 6.59. The molecule has 2 aliphatic heterocycles. The van der Waals surface area contributed by atoms with Crippen molar-refractivity contribution in [2.24, 2.45) is 10.1 Å². The summed E-state index contributed by atoms with van der Waals surface area (Å²) in [5.41, 5.74) is 2.91. The van der Waals surface area contributed by atoms with Crippen LogP contribution in [0.2, 0.25) is 5.02 Å². The van der Waals surface area contributed by atoms with Gasteiger partial charge in [-0.1, -0.05) is 54.1 Å². The van der Waals surface area contributed by atoms with Gasteiger partial charge in [-0.2, -0.15) is 10.1 Å². The van der Waals surface area contributed by atoms with Crippen LogP contribution in [0.3, 0.4) is 0 Å². The largest absolute Gasteiger partial charge is 0.463 e. The Kier molecular flexibility index (Phi) is 6.01. The van der Waals surface area contributed by atoms with Gasteiger partial charge in [0.2, 0.25) is 0 Å². The fourth-order valence-electron chi connectivity index (χ4n) is 3.22. The van der Waals surface area contributed by atoms with Gasteiger partial charge in [0.25, 0.3) is 5.91 Å². The molecule has 0 aromatic heterocycles. The van der Waals surface area contributed by atoms with Crippen LogP contribution in [-0.4, -0.2) is 34.4 Å². The Morgan fingerprint density at radius 2 is 1.97 bits per heavy atom. The minimum atomic E-state index is -0.561. The fraction of sp³-hybridized carbons (Fsp3) is 0.182. The SMILES string of the molecule is CCOC(=O)C=C1SC(N2N=C(c3ccccc3)CC2c2ccc(Cl)cc2)=NC1=O. The van der Waals surface area contributed by atoms with E-state index < -0.39 is 11.9 Å². The summed E-state index contributed by atoms with van der Waals surface area (Å²) in [6.45, 7) is 1.95. The summed E-state index contributed by atoms with van der Waals surface area (Å²) in [5, 5.41) is 7.60. The zero-order valence-corrected chi connectivity index (χ0v) is 17.7. The predicted molar refractivity (Wildman–Crippen MR) is 118 cm³/mol. The second-order valence-corrected chi connectivity index (χ2v) is 8.04. The molecule has 1 atom stereocenters. The molecule has 4 rings (SSSR count). The van der Waals surface area contributed by atoms with E-state index in [2.05, 4.69) is 4.99 Å². The molecule has 0 saturated carbocycles. The van der Waals surface area contributed by atoms with E-state index in [0.29, 0.717) is 16.6 Å². The molecule has 2 aromatic carbocycles. The number of thioether (sulfide) groups is 1. The lowest BCUT2D eigenvalue weighted by Gasteiger charge is -2.22. The van der Waals surface area contributed by atoms with Gasteiger partial charge in [0.1, 0.15) is 0 Å². The molecule has 1 unspecified atom stereocenters. The lowest BCUT2D eigenvalue weighted by atomic mass is 9.99. The van der Waals surface area contributed by atoms with Crippen molar-refractivity contribution in [1.82, 2.24) is 5.01 Å². The van der Waals surface area contributed by atoms with E-state index in [9.17, 15) is 9.59 Å². The normalized spacial score (nSPS) is 19.8. The number of carbonyl (C=O) groups is 2. The van der Waals surface area contributed by atoms with E-state index in [4.69, 9.17) is 21.4 Å². The Balaban J connectivity index is 1.66. The van der Waals surface area contributed by atoms with Crippen molar-refractivity contribution in [3.63, 3.8) is 0 Å². The maximum absolute atomic E-state index is 12.3. The lowest BCUT2D eigenvalue weighted by molar-refractivity contribution is -0.137. The van der Waals surface area contributed by atoms with E-state index in [-0.39, 0.29) is 17.6 Å². The first-order chi connectivity index (χ1) is 14.5. The topological polar surface area (TPSA) is 71.3 Å². The maximum atomic E-state index is 12.3. The number of ether oxygens (including phenoxy) is 1. The van der Waals surface area contributed by atoms with Crippen LogP contribution in [0.1, 0.15) is 30.5 Å². The molecule has 0 saturated heterocycles. The third-order valence-corrected chi connectivity index (χ3v) is 5.84. The van der Waals surface area contributed by atoms with Crippen LogP contribution in [0.5, 0.6) is 0 Å². The maximum Gasteiger partial charge on any atom is 0.332 e. The van der Waals surface area contributed by atoms with E-state index in [0.717, 1.165) is 28.6 Å². The highest BCUT2D eigenvalue weighted by molar-refractivity contribution is 8.18. The van der Waals surface area contributed by atoms with Gasteiger partial charge < -0.3 is 4.74 Å². The van der Waals surface area contributed by atoms with Gasteiger partial charge >= 0.3 is 5.97 Å². The first kappa shape index (κ1) is 20.4. The highest BCUT2D eigenvalue weighted by Crippen LogP contribution is 2.39. The Bertz CT molecular complexity index is 1060. The molecule has 0 radical (unpaired) electrons. The first-order valence-corrected chi connectivity index (χ1v) is 10.6. The van der Waals surface area contributed by atoms with E-state index in [1.165, 1.54) is 6.08 Å². The molecular formula is C22H18ClN3O3S. The number of halogens is 1. The molecule has 8 heteroatoms. The van der Waals surface area contributed by atoms with Crippen molar-refractivity contribution >= 4 is 46.1 Å². The second kappa shape index (κ2) is 8.85. The van der Waals surface area contributed by atoms with Crippen LogP contribution >= 0.6 is 23.4 Å². The van der Waals surface area contributed by atoms with Crippen molar-refractivity contribution in [2.45, 2.75) is 19.4 Å². The Morgan fingerprint density at radius 1 is 1.23 bits per heavy atom. The third kappa shape index (κ3) is 4.32. The standard InChI is InChI=1S/C22H18ClN3O3S/c1-2-29-20(27)13-19-21(28)24-22(30-19)26-18(15-8-10-16(23)11-9-15)12-17(25-26)14-6-4-3-5-7-14/h3-11,13,18H,2,12H2,1H3. The van der Waals surface area contributed by atoms with Crippen LogP contribution in [-0.2, 0) is 14.3 Å². The molecule has 0 fully saturated rings. The van der Waals surface area contributed by atoms with Crippen molar-refractivity contribution < 1.29 is 14.3 Å². The van der Waals surface area contributed by atoms with E-state index in [1.54, 1.807) is 11.9 Å². The van der Waals surface area contributed by atoms with Crippen LogP contribution in [0.25, 0.3) is 0 Å². The molecule has 30 heavy (non-hydrogen) atoms. The summed E-state index contributed by atoms with van der Waals surface area (Å²) in [6.07, 6.45) is 1.83. The molecule has 1 amide bonds. The molecule has 0 N–H and O–H groups in total. The number of carbonyl (C=O) groups excluding carboxylic acids is 2. The molecule has 0 spiro atoms. The smallest absolute Gasteiger partial charge is 0.332 e. The Morgan fingerprint density at radius 3 is 2.67 bits per heavy atom. The number of hydrazone groups is 1. The molecule has 2 aliphatic rings. The third-order valence-electron chi connectivity index (χ3n) is 4.61. The van der Waals surface area contributed by atoms with Gasteiger partial charge in [0.15, 0.2) is 5.17 Å². The number of hydrogen-bond acceptors (Lipinski definition) is 6. The first-order valence-electron chi connectivity index (χ1n) is 9.42. The van der Waals surface area contributed by atoms with E-state index >= 15 is 0 Å². The van der Waals surface area contributed by atoms with Crippen LogP contribution < -0.4 is 0 Å². The van der Waals surface area contributed by atoms with Crippen molar-refractivity contribution in [3.8, 4) is 0 Å². The number of rotatable bonds is 4. The van der Waals surface area contributed by atoms with Crippen molar-refractivity contribution in [2.75, 3.05) is 6.61 Å². The molecule has 2 aromatic rings. The minimum absolute atomic E-state index is 0.140. The summed E-state index contributed by atoms with van der Waals surface area (Å²) in [4.78, 5) is 28.5. The Labute approximate surface area is 183 Å². The fourth-order valence-corrected chi connectivity index (χ4v) is 4.22. The summed E-state index contributed by atoms with van der Waals surface area (Å²) >= 11 is 7.18. The van der Waals surface area contributed by atoms with Crippen LogP contribution in [0.4, 0.5) is 0 Å². The average Bonchev–Trinajstić information content (AvgIpc) is 3.34. The quantitative estimate of drug-likeness (QED) is 0.515. The number of benzene rings is 2. The zero-order chi connectivity index (χ0) is 21.1. The molecule has 2 heterocycles. The van der Waals surface area contributed by atoms with Gasteiger partial charge in [-0.05, 0) is 41.9 Å². The number of esters is 1. The van der Waals surface area contributed by atoms with Crippen LogP contribution in [0, 0.1) is 0 Å². The van der Waals surface area contributed by atoms with Gasteiger partial charge in [0, 0.05) is 17.5 Å². The molecule has 0 bridgehead atoms. The Hall–Kier alpha value is -2.90. The number of hydrogen-bond donors (Lipinski definition) is 0. The van der Waals surface area contributed by atoms with Gasteiger partial charge in [-0.15, -0.1) is 0 Å². The number of aliphatic imine (C=N–C) groups is 1. The monoisotopic (exact) mass is 439 g/mol. The zero-order valence-electron chi connectivity index (χ0n) is 16.1. The highest BCUT2D eigenvalue weighted by atomic mass is 35.5.